The van der Waals surface area contributed by atoms with E-state index >= 15 is 0 Å². The molecule has 98 valence electrons. The van der Waals surface area contributed by atoms with Crippen molar-refractivity contribution in [1.82, 2.24) is 13.9 Å². The number of nitrogens with zero attached hydrogens (tertiary/aromatic N) is 4. The third-order valence-electron chi connectivity index (χ3n) is 2.85. The maximum atomic E-state index is 13.3. The Hall–Kier alpha value is -2.10. The molecule has 7 heteroatoms. The zero-order valence-electron chi connectivity index (χ0n) is 9.92. The van der Waals surface area contributed by atoms with Crippen molar-refractivity contribution in [1.29, 1.82) is 5.26 Å². The molecule has 3 rings (SSSR count). The summed E-state index contributed by atoms with van der Waals surface area (Å²) in [5, 5.41) is 9.95. The molecule has 0 fully saturated rings. The highest BCUT2D eigenvalue weighted by molar-refractivity contribution is 7.93. The van der Waals surface area contributed by atoms with Gasteiger partial charge in [-0.3, -0.25) is 3.97 Å². The van der Waals surface area contributed by atoms with E-state index in [1.165, 1.54) is 10.2 Å². The van der Waals surface area contributed by atoms with Gasteiger partial charge in [-0.05, 0) is 18.2 Å². The Bertz CT molecular complexity index is 840. The lowest BCUT2D eigenvalue weighted by Crippen LogP contribution is -1.90. The summed E-state index contributed by atoms with van der Waals surface area (Å²) in [7, 11) is 0. The Morgan fingerprint density at radius 3 is 2.90 bits per heavy atom. The second-order valence-corrected chi connectivity index (χ2v) is 4.89. The van der Waals surface area contributed by atoms with Gasteiger partial charge in [-0.2, -0.15) is 5.26 Å². The van der Waals surface area contributed by atoms with E-state index in [9.17, 15) is 3.89 Å². The molecule has 0 N–H and O–H groups in total. The first-order valence-electron chi connectivity index (χ1n) is 5.55. The van der Waals surface area contributed by atoms with Crippen molar-refractivity contribution in [2.24, 2.45) is 0 Å². The molecule has 4 nitrogen and oxygen atoms in total. The highest BCUT2D eigenvalue weighted by Crippen LogP contribution is 2.33. The van der Waals surface area contributed by atoms with E-state index in [2.05, 4.69) is 9.97 Å². The molecular formula is C13H6ClFN4S. The first-order chi connectivity index (χ1) is 9.72. The molecule has 0 amide bonds. The van der Waals surface area contributed by atoms with Crippen molar-refractivity contribution < 1.29 is 3.89 Å². The van der Waals surface area contributed by atoms with Crippen molar-refractivity contribution in [3.05, 3.63) is 47.5 Å². The third kappa shape index (κ3) is 2.11. The maximum absolute atomic E-state index is 13.3. The number of halogens is 2. The van der Waals surface area contributed by atoms with E-state index in [4.69, 9.17) is 16.9 Å². The van der Waals surface area contributed by atoms with Gasteiger partial charge in [0.25, 0.3) is 0 Å². The zero-order valence-corrected chi connectivity index (χ0v) is 11.5. The predicted molar refractivity (Wildman–Crippen MR) is 76.8 cm³/mol. The standard InChI is InChI=1S/C13H6ClFN4S/c14-13-5-12-9(7-18-13)4-11(19(12)20-15)8-1-2-17-10(3-8)6-16/h1-5,7H. The lowest BCUT2D eigenvalue weighted by Gasteiger charge is -2.04. The topological polar surface area (TPSA) is 54.5 Å². The molecule has 0 aliphatic carbocycles. The number of hydrogen-bond donors (Lipinski definition) is 0. The van der Waals surface area contributed by atoms with Gasteiger partial charge in [0.05, 0.1) is 11.2 Å². The summed E-state index contributed by atoms with van der Waals surface area (Å²) >= 11 is 5.92. The van der Waals surface area contributed by atoms with Crippen LogP contribution >= 0.6 is 23.9 Å². The molecule has 0 unspecified atom stereocenters. The molecule has 0 atom stereocenters. The van der Waals surface area contributed by atoms with Crippen molar-refractivity contribution in [3.8, 4) is 17.3 Å². The molecule has 3 aromatic heterocycles. The molecule has 3 heterocycles. The highest BCUT2D eigenvalue weighted by atomic mass is 35.5. The van der Waals surface area contributed by atoms with Crippen LogP contribution < -0.4 is 0 Å². The van der Waals surface area contributed by atoms with E-state index in [0.717, 1.165) is 5.39 Å². The van der Waals surface area contributed by atoms with Gasteiger partial charge in [0, 0.05) is 29.4 Å². The van der Waals surface area contributed by atoms with Gasteiger partial charge in [-0.1, -0.05) is 11.6 Å². The minimum absolute atomic E-state index is 0.0755. The van der Waals surface area contributed by atoms with Crippen LogP contribution in [0, 0.1) is 11.3 Å². The molecule has 0 aromatic carbocycles. The Morgan fingerprint density at radius 1 is 1.30 bits per heavy atom. The number of aromatic nitrogens is 3. The lowest BCUT2D eigenvalue weighted by atomic mass is 10.1. The number of nitriles is 1. The second kappa shape index (κ2) is 5.12. The molecule has 0 saturated heterocycles. The summed E-state index contributed by atoms with van der Waals surface area (Å²) in [5.74, 6) is 0. The Labute approximate surface area is 123 Å². The first kappa shape index (κ1) is 12.9. The van der Waals surface area contributed by atoms with Crippen LogP contribution in [0.4, 0.5) is 3.89 Å². The summed E-state index contributed by atoms with van der Waals surface area (Å²) in [4.78, 5) is 7.88. The fourth-order valence-electron chi connectivity index (χ4n) is 1.98. The average Bonchev–Trinajstić information content (AvgIpc) is 2.85. The van der Waals surface area contributed by atoms with E-state index in [1.54, 1.807) is 30.5 Å². The van der Waals surface area contributed by atoms with Crippen LogP contribution in [0.3, 0.4) is 0 Å². The maximum Gasteiger partial charge on any atom is 0.170 e. The van der Waals surface area contributed by atoms with Crippen molar-refractivity contribution in [2.45, 2.75) is 0 Å². The van der Waals surface area contributed by atoms with Crippen LogP contribution in [-0.4, -0.2) is 13.9 Å². The van der Waals surface area contributed by atoms with Crippen LogP contribution in [0.1, 0.15) is 5.69 Å². The highest BCUT2D eigenvalue weighted by Gasteiger charge is 2.13. The lowest BCUT2D eigenvalue weighted by molar-refractivity contribution is 0.922. The molecule has 0 bridgehead atoms. The molecule has 0 aliphatic heterocycles. The van der Waals surface area contributed by atoms with Crippen molar-refractivity contribution >= 4 is 34.8 Å². The van der Waals surface area contributed by atoms with Crippen molar-refractivity contribution in [2.75, 3.05) is 0 Å². The Kier molecular flexibility index (Phi) is 3.30. The van der Waals surface area contributed by atoms with Crippen molar-refractivity contribution in [3.63, 3.8) is 0 Å². The van der Waals surface area contributed by atoms with Gasteiger partial charge in [0.1, 0.15) is 16.9 Å². The van der Waals surface area contributed by atoms with E-state index < -0.39 is 0 Å². The van der Waals surface area contributed by atoms with Gasteiger partial charge in [0.15, 0.2) is 12.3 Å². The summed E-state index contributed by atoms with van der Waals surface area (Å²) in [6, 6.07) is 8.68. The van der Waals surface area contributed by atoms with Gasteiger partial charge in [0.2, 0.25) is 0 Å². The number of rotatable bonds is 2. The fourth-order valence-corrected chi connectivity index (χ4v) is 2.60. The quantitative estimate of drug-likeness (QED) is 0.671. The Balaban J connectivity index is 2.28. The smallest absolute Gasteiger partial charge is 0.170 e. The third-order valence-corrected chi connectivity index (χ3v) is 3.59. The fraction of sp³-hybridized carbons (Fsp3) is 0. The minimum atomic E-state index is 0.0755. The van der Waals surface area contributed by atoms with Gasteiger partial charge >= 0.3 is 0 Å². The summed E-state index contributed by atoms with van der Waals surface area (Å²) in [6.45, 7) is 0. The molecule has 0 spiro atoms. The van der Waals surface area contributed by atoms with Gasteiger partial charge < -0.3 is 0 Å². The molecule has 20 heavy (non-hydrogen) atoms. The van der Waals surface area contributed by atoms with Gasteiger partial charge in [-0.15, -0.1) is 3.89 Å². The molecule has 3 aromatic rings. The number of pyridine rings is 2. The normalized spacial score (nSPS) is 10.7. The average molecular weight is 305 g/mol. The Morgan fingerprint density at radius 2 is 2.15 bits per heavy atom. The SMILES string of the molecule is N#Cc1cc(-c2cc3cnc(Cl)cc3n2SF)ccn1. The zero-order chi connectivity index (χ0) is 14.1. The van der Waals surface area contributed by atoms with Crippen LogP contribution in [0.15, 0.2) is 36.7 Å². The molecular weight excluding hydrogens is 299 g/mol. The van der Waals surface area contributed by atoms with Crippen LogP contribution in [0.2, 0.25) is 5.15 Å². The van der Waals surface area contributed by atoms with E-state index in [0.29, 0.717) is 21.9 Å². The molecule has 0 saturated carbocycles. The second-order valence-electron chi connectivity index (χ2n) is 4.00. The summed E-state index contributed by atoms with van der Waals surface area (Å²) in [6.07, 6.45) is 3.10. The molecule has 0 radical (unpaired) electrons. The van der Waals surface area contributed by atoms with Gasteiger partial charge in [-0.25, -0.2) is 9.97 Å². The number of hydrogen-bond acceptors (Lipinski definition) is 4. The number of fused-ring (bicyclic) bond motifs is 1. The van der Waals surface area contributed by atoms with Crippen LogP contribution in [-0.2, 0) is 0 Å². The van der Waals surface area contributed by atoms with E-state index in [-0.39, 0.29) is 18.0 Å². The monoisotopic (exact) mass is 304 g/mol. The van der Waals surface area contributed by atoms with Crippen LogP contribution in [0.5, 0.6) is 0 Å². The van der Waals surface area contributed by atoms with Crippen LogP contribution in [0.25, 0.3) is 22.2 Å². The molecule has 0 aliphatic rings. The largest absolute Gasteiger partial charge is 0.256 e. The summed E-state index contributed by atoms with van der Waals surface area (Å²) in [5.41, 5.74) is 2.23. The first-order valence-corrected chi connectivity index (χ1v) is 6.60. The van der Waals surface area contributed by atoms with E-state index in [1.807, 2.05) is 6.07 Å². The predicted octanol–water partition coefficient (Wildman–Crippen LogP) is 4.00. The summed E-state index contributed by atoms with van der Waals surface area (Å²) < 4.78 is 14.7. The minimum Gasteiger partial charge on any atom is -0.256 e.